The van der Waals surface area contributed by atoms with Crippen LogP contribution in [-0.2, 0) is 0 Å². The Labute approximate surface area is 97.7 Å². The van der Waals surface area contributed by atoms with Crippen LogP contribution in [0, 0.1) is 12.3 Å². The molecule has 1 aliphatic heterocycles. The van der Waals surface area contributed by atoms with Crippen molar-refractivity contribution in [2.75, 3.05) is 25.5 Å². The third-order valence-electron chi connectivity index (χ3n) is 3.02. The standard InChI is InChI=1S/C14H18N2/c1-3-12-6-4-7-13(10-12)15-14-8-5-9-16(2)11-14/h1,4,6-7,10,14-15H,5,8-9,11H2,2H3. The first-order valence-corrected chi connectivity index (χ1v) is 5.79. The van der Waals surface area contributed by atoms with Crippen LogP contribution < -0.4 is 5.32 Å². The molecule has 2 heteroatoms. The van der Waals surface area contributed by atoms with E-state index in [-0.39, 0.29) is 0 Å². The highest BCUT2D eigenvalue weighted by atomic mass is 15.1. The van der Waals surface area contributed by atoms with Gasteiger partial charge in [-0.1, -0.05) is 12.0 Å². The molecule has 1 atom stereocenters. The Morgan fingerprint density at radius 3 is 3.12 bits per heavy atom. The van der Waals surface area contributed by atoms with Crippen molar-refractivity contribution < 1.29 is 0 Å². The van der Waals surface area contributed by atoms with Crippen molar-refractivity contribution in [3.63, 3.8) is 0 Å². The lowest BCUT2D eigenvalue weighted by Crippen LogP contribution is -2.39. The van der Waals surface area contributed by atoms with Crippen LogP contribution in [0.3, 0.4) is 0 Å². The Morgan fingerprint density at radius 1 is 1.50 bits per heavy atom. The Kier molecular flexibility index (Phi) is 3.48. The van der Waals surface area contributed by atoms with Gasteiger partial charge in [0, 0.05) is 23.8 Å². The number of nitrogens with zero attached hydrogens (tertiary/aromatic N) is 1. The van der Waals surface area contributed by atoms with E-state index in [4.69, 9.17) is 6.42 Å². The largest absolute Gasteiger partial charge is 0.381 e. The third-order valence-corrected chi connectivity index (χ3v) is 3.02. The minimum atomic E-state index is 0.548. The molecule has 1 aromatic rings. The zero-order valence-electron chi connectivity index (χ0n) is 9.74. The summed E-state index contributed by atoms with van der Waals surface area (Å²) in [6.07, 6.45) is 7.90. The lowest BCUT2D eigenvalue weighted by atomic mass is 10.1. The Hall–Kier alpha value is -1.46. The molecule has 1 aromatic carbocycles. The molecule has 1 fully saturated rings. The van der Waals surface area contributed by atoms with Crippen LogP contribution in [0.25, 0.3) is 0 Å². The van der Waals surface area contributed by atoms with E-state index in [9.17, 15) is 0 Å². The second kappa shape index (κ2) is 5.05. The van der Waals surface area contributed by atoms with E-state index in [0.29, 0.717) is 6.04 Å². The van der Waals surface area contributed by atoms with Crippen molar-refractivity contribution in [3.8, 4) is 12.3 Å². The highest BCUT2D eigenvalue weighted by Crippen LogP contribution is 2.16. The van der Waals surface area contributed by atoms with Crippen LogP contribution in [-0.4, -0.2) is 31.1 Å². The molecule has 0 amide bonds. The average Bonchev–Trinajstić information content (AvgIpc) is 2.29. The number of anilines is 1. The van der Waals surface area contributed by atoms with E-state index >= 15 is 0 Å². The summed E-state index contributed by atoms with van der Waals surface area (Å²) < 4.78 is 0. The van der Waals surface area contributed by atoms with E-state index in [0.717, 1.165) is 17.8 Å². The first-order chi connectivity index (χ1) is 7.78. The summed E-state index contributed by atoms with van der Waals surface area (Å²) in [7, 11) is 2.17. The van der Waals surface area contributed by atoms with Gasteiger partial charge in [-0.05, 0) is 44.6 Å². The fraction of sp³-hybridized carbons (Fsp3) is 0.429. The molecule has 2 rings (SSSR count). The van der Waals surface area contributed by atoms with Crippen molar-refractivity contribution in [1.82, 2.24) is 4.90 Å². The second-order valence-corrected chi connectivity index (χ2v) is 4.47. The minimum Gasteiger partial charge on any atom is -0.381 e. The molecule has 0 spiro atoms. The minimum absolute atomic E-state index is 0.548. The number of benzene rings is 1. The molecule has 0 bridgehead atoms. The second-order valence-electron chi connectivity index (χ2n) is 4.47. The van der Waals surface area contributed by atoms with Gasteiger partial charge in [0.05, 0.1) is 0 Å². The maximum absolute atomic E-state index is 5.39. The molecule has 1 saturated heterocycles. The summed E-state index contributed by atoms with van der Waals surface area (Å²) in [4.78, 5) is 2.37. The zero-order valence-corrected chi connectivity index (χ0v) is 9.74. The highest BCUT2D eigenvalue weighted by Gasteiger charge is 2.16. The van der Waals surface area contributed by atoms with E-state index in [1.165, 1.54) is 19.4 Å². The number of likely N-dealkylation sites (tertiary alicyclic amines) is 1. The predicted molar refractivity (Wildman–Crippen MR) is 68.5 cm³/mol. The van der Waals surface area contributed by atoms with Gasteiger partial charge in [-0.3, -0.25) is 0 Å². The van der Waals surface area contributed by atoms with Gasteiger partial charge in [-0.15, -0.1) is 6.42 Å². The number of terminal acetylenes is 1. The van der Waals surface area contributed by atoms with Gasteiger partial charge in [0.1, 0.15) is 0 Å². The van der Waals surface area contributed by atoms with Crippen molar-refractivity contribution in [2.45, 2.75) is 18.9 Å². The van der Waals surface area contributed by atoms with Crippen LogP contribution >= 0.6 is 0 Å². The molecule has 2 nitrogen and oxygen atoms in total. The molecule has 1 N–H and O–H groups in total. The highest BCUT2D eigenvalue weighted by molar-refractivity contribution is 5.50. The number of nitrogens with one attached hydrogen (secondary N) is 1. The average molecular weight is 214 g/mol. The van der Waals surface area contributed by atoms with Crippen molar-refractivity contribution in [3.05, 3.63) is 29.8 Å². The summed E-state index contributed by atoms with van der Waals surface area (Å²) in [5.41, 5.74) is 2.07. The number of piperidine rings is 1. The lowest BCUT2D eigenvalue weighted by molar-refractivity contribution is 0.261. The molecule has 1 unspecified atom stereocenters. The Bertz CT molecular complexity index is 392. The van der Waals surface area contributed by atoms with Crippen molar-refractivity contribution >= 4 is 5.69 Å². The predicted octanol–water partition coefficient (Wildman–Crippen LogP) is 2.17. The van der Waals surface area contributed by atoms with Crippen LogP contribution in [0.2, 0.25) is 0 Å². The molecule has 16 heavy (non-hydrogen) atoms. The van der Waals surface area contributed by atoms with Gasteiger partial charge in [-0.2, -0.15) is 0 Å². The van der Waals surface area contributed by atoms with E-state index in [1.807, 2.05) is 18.2 Å². The first kappa shape index (κ1) is 11.0. The quantitative estimate of drug-likeness (QED) is 0.759. The van der Waals surface area contributed by atoms with Crippen LogP contribution in [0.5, 0.6) is 0 Å². The smallest absolute Gasteiger partial charge is 0.0388 e. The lowest BCUT2D eigenvalue weighted by Gasteiger charge is -2.30. The SMILES string of the molecule is C#Cc1cccc(NC2CCCN(C)C2)c1. The summed E-state index contributed by atoms with van der Waals surface area (Å²) >= 11 is 0. The summed E-state index contributed by atoms with van der Waals surface area (Å²) in [5, 5.41) is 3.55. The number of hydrogen-bond donors (Lipinski definition) is 1. The summed E-state index contributed by atoms with van der Waals surface area (Å²) in [6, 6.07) is 8.62. The van der Waals surface area contributed by atoms with Crippen LogP contribution in [0.15, 0.2) is 24.3 Å². The van der Waals surface area contributed by atoms with E-state index in [2.05, 4.69) is 29.3 Å². The van der Waals surface area contributed by atoms with Gasteiger partial charge in [-0.25, -0.2) is 0 Å². The first-order valence-electron chi connectivity index (χ1n) is 5.79. The maximum Gasteiger partial charge on any atom is 0.0388 e. The number of rotatable bonds is 2. The van der Waals surface area contributed by atoms with Gasteiger partial charge in [0.15, 0.2) is 0 Å². The molecular formula is C14H18N2. The summed E-state index contributed by atoms with van der Waals surface area (Å²) in [5.74, 6) is 2.66. The van der Waals surface area contributed by atoms with Crippen molar-refractivity contribution in [1.29, 1.82) is 0 Å². The third kappa shape index (κ3) is 2.77. The van der Waals surface area contributed by atoms with E-state index < -0.39 is 0 Å². The van der Waals surface area contributed by atoms with Gasteiger partial charge >= 0.3 is 0 Å². The van der Waals surface area contributed by atoms with Gasteiger partial charge < -0.3 is 10.2 Å². The monoisotopic (exact) mass is 214 g/mol. The molecule has 0 aliphatic carbocycles. The molecule has 1 heterocycles. The fourth-order valence-corrected chi connectivity index (χ4v) is 2.22. The van der Waals surface area contributed by atoms with Gasteiger partial charge in [0.25, 0.3) is 0 Å². The van der Waals surface area contributed by atoms with Gasteiger partial charge in [0.2, 0.25) is 0 Å². The fourth-order valence-electron chi connectivity index (χ4n) is 2.22. The topological polar surface area (TPSA) is 15.3 Å². The Balaban J connectivity index is 2.00. The molecular weight excluding hydrogens is 196 g/mol. The Morgan fingerprint density at radius 2 is 2.38 bits per heavy atom. The normalized spacial score (nSPS) is 21.4. The summed E-state index contributed by atoms with van der Waals surface area (Å²) in [6.45, 7) is 2.32. The molecule has 84 valence electrons. The zero-order chi connectivity index (χ0) is 11.4. The number of likely N-dealkylation sites (N-methyl/N-ethyl adjacent to an activating group) is 1. The van der Waals surface area contributed by atoms with E-state index in [1.54, 1.807) is 0 Å². The number of hydrogen-bond acceptors (Lipinski definition) is 2. The molecule has 1 aliphatic rings. The molecule has 0 aromatic heterocycles. The van der Waals surface area contributed by atoms with Crippen LogP contribution in [0.1, 0.15) is 18.4 Å². The van der Waals surface area contributed by atoms with Crippen molar-refractivity contribution in [2.24, 2.45) is 0 Å². The molecule has 0 radical (unpaired) electrons. The van der Waals surface area contributed by atoms with Crippen LogP contribution in [0.4, 0.5) is 5.69 Å². The maximum atomic E-state index is 5.39. The molecule has 0 saturated carbocycles.